The van der Waals surface area contributed by atoms with Crippen LogP contribution in [0.5, 0.6) is 0 Å². The molecule has 20 heavy (non-hydrogen) atoms. The number of carbonyl (C=O) groups excluding carboxylic acids is 2. The van der Waals surface area contributed by atoms with E-state index >= 15 is 0 Å². The number of nitrogens with one attached hydrogen (secondary N) is 2. The van der Waals surface area contributed by atoms with E-state index in [1.54, 1.807) is 0 Å². The van der Waals surface area contributed by atoms with E-state index in [-0.39, 0.29) is 24.5 Å². The molecule has 0 bridgehead atoms. The summed E-state index contributed by atoms with van der Waals surface area (Å²) >= 11 is 1.23. The Hall–Kier alpha value is -2.03. The summed E-state index contributed by atoms with van der Waals surface area (Å²) in [4.78, 5) is 39.7. The number of primary amides is 1. The van der Waals surface area contributed by atoms with E-state index in [4.69, 9.17) is 10.8 Å². The van der Waals surface area contributed by atoms with Crippen LogP contribution in [-0.4, -0.2) is 50.4 Å². The summed E-state index contributed by atoms with van der Waals surface area (Å²) in [5, 5.41) is 11.5. The number of nitrogens with two attached hydrogens (primary N) is 1. The van der Waals surface area contributed by atoms with E-state index in [0.717, 1.165) is 0 Å². The third-order valence-corrected chi connectivity index (χ3v) is 3.31. The van der Waals surface area contributed by atoms with Gasteiger partial charge in [-0.15, -0.1) is 0 Å². The Bertz CT molecular complexity index is 463. The molecule has 0 aliphatic rings. The predicted octanol–water partition coefficient (Wildman–Crippen LogP) is -0.870. The topological polar surface area (TPSA) is 138 Å². The maximum Gasteiger partial charge on any atom is 0.326 e. The quantitative estimate of drug-likeness (QED) is 0.437. The average molecular weight is 300 g/mol. The lowest BCUT2D eigenvalue weighted by atomic mass is 10.1. The molecule has 1 aromatic rings. The molecule has 0 aliphatic heterocycles. The third-order valence-electron chi connectivity index (χ3n) is 2.33. The summed E-state index contributed by atoms with van der Waals surface area (Å²) in [7, 11) is 0. The molecular weight excluding hydrogens is 284 g/mol. The number of carbonyl (C=O) groups is 3. The minimum Gasteiger partial charge on any atom is -0.480 e. The van der Waals surface area contributed by atoms with Gasteiger partial charge in [0.1, 0.15) is 6.04 Å². The first-order chi connectivity index (χ1) is 9.49. The van der Waals surface area contributed by atoms with E-state index in [0.29, 0.717) is 11.4 Å². The highest BCUT2D eigenvalue weighted by atomic mass is 32.2. The van der Waals surface area contributed by atoms with Gasteiger partial charge in [-0.05, 0) is 0 Å². The zero-order valence-electron chi connectivity index (χ0n) is 10.7. The molecule has 2 amide bonds. The summed E-state index contributed by atoms with van der Waals surface area (Å²) in [6.45, 7) is 0. The van der Waals surface area contributed by atoms with Crippen molar-refractivity contribution in [2.75, 3.05) is 11.5 Å². The van der Waals surface area contributed by atoms with Crippen molar-refractivity contribution in [1.29, 1.82) is 0 Å². The Balaban J connectivity index is 2.35. The van der Waals surface area contributed by atoms with Crippen molar-refractivity contribution in [3.8, 4) is 0 Å². The number of rotatable bonds is 9. The maximum absolute atomic E-state index is 11.6. The smallest absolute Gasteiger partial charge is 0.326 e. The molecule has 1 heterocycles. The van der Waals surface area contributed by atoms with E-state index in [1.165, 1.54) is 24.3 Å². The number of hydrogen-bond donors (Lipinski definition) is 4. The second kappa shape index (κ2) is 8.20. The highest BCUT2D eigenvalue weighted by Crippen LogP contribution is 2.03. The molecule has 0 unspecified atom stereocenters. The van der Waals surface area contributed by atoms with Gasteiger partial charge in [-0.25, -0.2) is 9.78 Å². The number of aromatic amines is 1. The molecule has 0 aromatic carbocycles. The number of amides is 2. The van der Waals surface area contributed by atoms with Crippen molar-refractivity contribution in [1.82, 2.24) is 15.3 Å². The number of thioether (sulfide) groups is 1. The summed E-state index contributed by atoms with van der Waals surface area (Å²) in [6, 6.07) is -1.01. The van der Waals surface area contributed by atoms with E-state index < -0.39 is 17.9 Å². The van der Waals surface area contributed by atoms with Crippen molar-refractivity contribution in [2.24, 2.45) is 5.73 Å². The standard InChI is InChI=1S/C11H16N4O4S/c12-9(16)5-20-2-1-10(17)15-8(11(18)19)3-7-4-13-6-14-7/h4,6,8H,1-3,5H2,(H2,12,16)(H,13,14)(H,15,17)(H,18,19)/t8-/m1/s1. The van der Waals surface area contributed by atoms with Gasteiger partial charge < -0.3 is 21.1 Å². The Labute approximate surface area is 119 Å². The Morgan fingerprint density at radius 3 is 2.80 bits per heavy atom. The van der Waals surface area contributed by atoms with Crippen LogP contribution in [0.4, 0.5) is 0 Å². The normalized spacial score (nSPS) is 11.8. The van der Waals surface area contributed by atoms with E-state index in [2.05, 4.69) is 15.3 Å². The number of aliphatic carboxylic acids is 1. The van der Waals surface area contributed by atoms with Crippen LogP contribution in [0, 0.1) is 0 Å². The highest BCUT2D eigenvalue weighted by Gasteiger charge is 2.20. The van der Waals surface area contributed by atoms with Gasteiger partial charge in [-0.2, -0.15) is 11.8 Å². The minimum atomic E-state index is -1.11. The molecular formula is C11H16N4O4S. The van der Waals surface area contributed by atoms with Crippen LogP contribution in [0.3, 0.4) is 0 Å². The van der Waals surface area contributed by atoms with Gasteiger partial charge in [0.2, 0.25) is 11.8 Å². The van der Waals surface area contributed by atoms with Gasteiger partial charge in [0.05, 0.1) is 12.1 Å². The molecule has 0 spiro atoms. The first-order valence-electron chi connectivity index (χ1n) is 5.84. The highest BCUT2D eigenvalue weighted by molar-refractivity contribution is 7.99. The number of H-pyrrole nitrogens is 1. The lowest BCUT2D eigenvalue weighted by Crippen LogP contribution is -2.42. The molecule has 0 saturated heterocycles. The lowest BCUT2D eigenvalue weighted by molar-refractivity contribution is -0.141. The summed E-state index contributed by atoms with van der Waals surface area (Å²) < 4.78 is 0. The van der Waals surface area contributed by atoms with Crippen molar-refractivity contribution in [3.05, 3.63) is 18.2 Å². The summed E-state index contributed by atoms with van der Waals surface area (Å²) in [5.74, 6) is -1.39. The second-order valence-electron chi connectivity index (χ2n) is 4.01. The molecule has 1 atom stereocenters. The molecule has 0 fully saturated rings. The minimum absolute atomic E-state index is 0.130. The Morgan fingerprint density at radius 1 is 1.50 bits per heavy atom. The monoisotopic (exact) mass is 300 g/mol. The van der Waals surface area contributed by atoms with Crippen LogP contribution in [-0.2, 0) is 20.8 Å². The number of imidazole rings is 1. The van der Waals surface area contributed by atoms with Crippen molar-refractivity contribution in [3.63, 3.8) is 0 Å². The van der Waals surface area contributed by atoms with Gasteiger partial charge in [-0.1, -0.05) is 0 Å². The fourth-order valence-electron chi connectivity index (χ4n) is 1.42. The number of hydrogen-bond acceptors (Lipinski definition) is 5. The summed E-state index contributed by atoms with van der Waals surface area (Å²) in [5.41, 5.74) is 5.58. The number of aromatic nitrogens is 2. The van der Waals surface area contributed by atoms with Gasteiger partial charge in [-0.3, -0.25) is 9.59 Å². The molecule has 5 N–H and O–H groups in total. The first kappa shape index (κ1) is 16.0. The van der Waals surface area contributed by atoms with Crippen LogP contribution in [0.2, 0.25) is 0 Å². The molecule has 0 aliphatic carbocycles. The van der Waals surface area contributed by atoms with Crippen molar-refractivity contribution < 1.29 is 19.5 Å². The zero-order valence-corrected chi connectivity index (χ0v) is 11.5. The van der Waals surface area contributed by atoms with Crippen molar-refractivity contribution >= 4 is 29.5 Å². The molecule has 110 valence electrons. The van der Waals surface area contributed by atoms with Crippen molar-refractivity contribution in [2.45, 2.75) is 18.9 Å². The molecule has 1 rings (SSSR count). The van der Waals surface area contributed by atoms with Crippen LogP contribution in [0.25, 0.3) is 0 Å². The predicted molar refractivity (Wildman–Crippen MR) is 73.0 cm³/mol. The summed E-state index contributed by atoms with van der Waals surface area (Å²) in [6.07, 6.45) is 3.21. The average Bonchev–Trinajstić information content (AvgIpc) is 2.86. The molecule has 0 radical (unpaired) electrons. The Morgan fingerprint density at radius 2 is 2.25 bits per heavy atom. The van der Waals surface area contributed by atoms with E-state index in [1.807, 2.05) is 0 Å². The van der Waals surface area contributed by atoms with Gasteiger partial charge in [0.15, 0.2) is 0 Å². The molecule has 0 saturated carbocycles. The third kappa shape index (κ3) is 6.23. The SMILES string of the molecule is NC(=O)CSCCC(=O)N[C@H](Cc1cnc[nH]1)C(=O)O. The van der Waals surface area contributed by atoms with Gasteiger partial charge in [0, 0.05) is 30.5 Å². The zero-order chi connectivity index (χ0) is 15.0. The lowest BCUT2D eigenvalue weighted by Gasteiger charge is -2.13. The second-order valence-corrected chi connectivity index (χ2v) is 5.11. The van der Waals surface area contributed by atoms with Crippen LogP contribution >= 0.6 is 11.8 Å². The number of nitrogens with zero attached hydrogens (tertiary/aromatic N) is 1. The van der Waals surface area contributed by atoms with Crippen LogP contribution < -0.4 is 11.1 Å². The molecule has 8 nitrogen and oxygen atoms in total. The van der Waals surface area contributed by atoms with Gasteiger partial charge >= 0.3 is 5.97 Å². The number of carboxylic acids is 1. The fourth-order valence-corrected chi connectivity index (χ4v) is 2.10. The van der Waals surface area contributed by atoms with Gasteiger partial charge in [0.25, 0.3) is 0 Å². The van der Waals surface area contributed by atoms with Crippen LogP contribution in [0.1, 0.15) is 12.1 Å². The maximum atomic E-state index is 11.6. The Kier molecular flexibility index (Phi) is 6.57. The largest absolute Gasteiger partial charge is 0.480 e. The van der Waals surface area contributed by atoms with Crippen LogP contribution in [0.15, 0.2) is 12.5 Å². The molecule has 9 heteroatoms. The number of carboxylic acid groups (broad SMARTS) is 1. The first-order valence-corrected chi connectivity index (χ1v) is 7.00. The van der Waals surface area contributed by atoms with E-state index in [9.17, 15) is 14.4 Å². The molecule has 1 aromatic heterocycles. The fraction of sp³-hybridized carbons (Fsp3) is 0.455.